The van der Waals surface area contributed by atoms with E-state index in [0.29, 0.717) is 0 Å². The number of nitrogens with zero attached hydrogens (tertiary/aromatic N) is 1. The summed E-state index contributed by atoms with van der Waals surface area (Å²) < 4.78 is 2.47. The zero-order valence-corrected chi connectivity index (χ0v) is 11.5. The first-order chi connectivity index (χ1) is 5.00. The van der Waals surface area contributed by atoms with Crippen molar-refractivity contribution >= 4 is 38.0 Å². The average Bonchev–Trinajstić information content (AvgIpc) is 1.86. The van der Waals surface area contributed by atoms with Crippen LogP contribution in [-0.4, -0.2) is 23.4 Å². The van der Waals surface area contributed by atoms with Gasteiger partial charge in [0.2, 0.25) is 0 Å². The maximum absolute atomic E-state index is 4.37. The molecular weight excluding hydrogens is 309 g/mol. The number of halogens is 1. The SMILES string of the molecule is [CH3][Sn]([CH3])([CH3])[c]1cc(Br)ccn1. The number of hydrogen-bond acceptors (Lipinski definition) is 1. The second kappa shape index (κ2) is 3.44. The van der Waals surface area contributed by atoms with E-state index < -0.39 is 18.4 Å². The second-order valence-corrected chi connectivity index (χ2v) is 18.8. The monoisotopic (exact) mass is 321 g/mol. The van der Waals surface area contributed by atoms with Gasteiger partial charge in [-0.25, -0.2) is 0 Å². The Morgan fingerprint density at radius 2 is 2.00 bits per heavy atom. The van der Waals surface area contributed by atoms with E-state index in [0.717, 1.165) is 4.47 Å². The standard InChI is InChI=1S/C5H3BrN.3CH3.Sn/c6-5-1-3-7-4-2-5;;;;/h1-3H;3*1H3;. The Morgan fingerprint density at radius 3 is 2.36 bits per heavy atom. The van der Waals surface area contributed by atoms with Crippen LogP contribution in [0.2, 0.25) is 14.8 Å². The van der Waals surface area contributed by atoms with Crippen molar-refractivity contribution in [2.75, 3.05) is 0 Å². The normalized spacial score (nSPS) is 11.6. The minimum atomic E-state index is -1.90. The molecule has 0 aliphatic rings. The summed E-state index contributed by atoms with van der Waals surface area (Å²) in [5, 5.41) is 0. The van der Waals surface area contributed by atoms with Crippen molar-refractivity contribution in [1.29, 1.82) is 0 Å². The molecule has 1 rings (SSSR count). The van der Waals surface area contributed by atoms with E-state index in [4.69, 9.17) is 0 Å². The molecule has 0 saturated carbocycles. The predicted octanol–water partition coefficient (Wildman–Crippen LogP) is 2.39. The summed E-state index contributed by atoms with van der Waals surface area (Å²) >= 11 is 1.55. The van der Waals surface area contributed by atoms with Crippen LogP contribution < -0.4 is 3.71 Å². The van der Waals surface area contributed by atoms with E-state index in [2.05, 4.69) is 41.8 Å². The van der Waals surface area contributed by atoms with Crippen molar-refractivity contribution in [2.24, 2.45) is 0 Å². The molecule has 11 heavy (non-hydrogen) atoms. The summed E-state index contributed by atoms with van der Waals surface area (Å²) in [5.41, 5.74) is 0. The Morgan fingerprint density at radius 1 is 1.36 bits per heavy atom. The molecule has 0 unspecified atom stereocenters. The molecule has 60 valence electrons. The zero-order chi connectivity index (χ0) is 8.48. The van der Waals surface area contributed by atoms with Gasteiger partial charge in [-0.2, -0.15) is 0 Å². The van der Waals surface area contributed by atoms with E-state index in [9.17, 15) is 0 Å². The van der Waals surface area contributed by atoms with Crippen LogP contribution in [0.5, 0.6) is 0 Å². The van der Waals surface area contributed by atoms with Crippen LogP contribution in [0.25, 0.3) is 0 Å². The molecule has 0 radical (unpaired) electrons. The van der Waals surface area contributed by atoms with Gasteiger partial charge in [0, 0.05) is 0 Å². The van der Waals surface area contributed by atoms with Gasteiger partial charge in [0.1, 0.15) is 0 Å². The molecule has 1 heterocycles. The number of hydrogen-bond donors (Lipinski definition) is 0. The molecule has 0 aromatic carbocycles. The molecule has 0 amide bonds. The number of pyridine rings is 1. The molecule has 0 N–H and O–H groups in total. The Kier molecular flexibility index (Phi) is 2.97. The molecule has 3 heteroatoms. The van der Waals surface area contributed by atoms with E-state index >= 15 is 0 Å². The van der Waals surface area contributed by atoms with Gasteiger partial charge in [0.25, 0.3) is 0 Å². The maximum atomic E-state index is 4.37. The Hall–Kier alpha value is 0.429. The van der Waals surface area contributed by atoms with Gasteiger partial charge in [0.15, 0.2) is 0 Å². The third-order valence-electron chi connectivity index (χ3n) is 1.49. The Balaban J connectivity index is 3.06. The molecule has 0 spiro atoms. The van der Waals surface area contributed by atoms with Gasteiger partial charge in [-0.3, -0.25) is 0 Å². The third-order valence-corrected chi connectivity index (χ3v) is 7.15. The van der Waals surface area contributed by atoms with Gasteiger partial charge in [-0.15, -0.1) is 0 Å². The summed E-state index contributed by atoms with van der Waals surface area (Å²) in [5.74, 6) is 0. The minimum absolute atomic E-state index is 1.15. The molecule has 1 aromatic rings. The van der Waals surface area contributed by atoms with Gasteiger partial charge in [-0.05, 0) is 0 Å². The molecule has 0 aliphatic heterocycles. The van der Waals surface area contributed by atoms with Crippen molar-refractivity contribution in [3.8, 4) is 0 Å². The van der Waals surface area contributed by atoms with Crippen LogP contribution in [-0.2, 0) is 0 Å². The van der Waals surface area contributed by atoms with Crippen LogP contribution in [0.1, 0.15) is 0 Å². The topological polar surface area (TPSA) is 12.9 Å². The van der Waals surface area contributed by atoms with Crippen molar-refractivity contribution < 1.29 is 0 Å². The van der Waals surface area contributed by atoms with Gasteiger partial charge in [-0.1, -0.05) is 0 Å². The summed E-state index contributed by atoms with van der Waals surface area (Å²) in [7, 11) is 0. The van der Waals surface area contributed by atoms with E-state index in [-0.39, 0.29) is 0 Å². The van der Waals surface area contributed by atoms with Crippen molar-refractivity contribution in [3.05, 3.63) is 22.8 Å². The van der Waals surface area contributed by atoms with Gasteiger partial charge >= 0.3 is 80.6 Å². The Labute approximate surface area is 80.2 Å². The van der Waals surface area contributed by atoms with Crippen molar-refractivity contribution in [3.63, 3.8) is 0 Å². The predicted molar refractivity (Wildman–Crippen MR) is 54.9 cm³/mol. The van der Waals surface area contributed by atoms with Gasteiger partial charge < -0.3 is 0 Å². The summed E-state index contributed by atoms with van der Waals surface area (Å²) in [6, 6.07) is 4.12. The molecule has 0 aliphatic carbocycles. The van der Waals surface area contributed by atoms with Crippen LogP contribution >= 0.6 is 15.9 Å². The average molecular weight is 321 g/mol. The Bertz CT molecular complexity index is 255. The molecule has 1 nitrogen and oxygen atoms in total. The fourth-order valence-corrected chi connectivity index (χ4v) is 4.75. The van der Waals surface area contributed by atoms with Crippen molar-refractivity contribution in [1.82, 2.24) is 4.98 Å². The summed E-state index contributed by atoms with van der Waals surface area (Å²) in [6.45, 7) is 0. The quantitative estimate of drug-likeness (QED) is 0.724. The number of aromatic nitrogens is 1. The van der Waals surface area contributed by atoms with Crippen LogP contribution in [0.15, 0.2) is 22.8 Å². The summed E-state index contributed by atoms with van der Waals surface area (Å²) in [6.07, 6.45) is 1.88. The third kappa shape index (κ3) is 2.75. The number of rotatable bonds is 1. The second-order valence-electron chi connectivity index (χ2n) is 3.61. The molecule has 0 bridgehead atoms. The molecule has 0 atom stereocenters. The van der Waals surface area contributed by atoms with Gasteiger partial charge in [0.05, 0.1) is 0 Å². The first kappa shape index (κ1) is 9.52. The van der Waals surface area contributed by atoms with E-state index in [1.54, 1.807) is 0 Å². The molecule has 0 saturated heterocycles. The van der Waals surface area contributed by atoms with E-state index in [1.807, 2.05) is 12.3 Å². The zero-order valence-electron chi connectivity index (χ0n) is 7.06. The fourth-order valence-electron chi connectivity index (χ4n) is 0.815. The van der Waals surface area contributed by atoms with Crippen LogP contribution in [0.4, 0.5) is 0 Å². The fraction of sp³-hybridized carbons (Fsp3) is 0.375. The first-order valence-electron chi connectivity index (χ1n) is 3.62. The summed E-state index contributed by atoms with van der Waals surface area (Å²) in [4.78, 5) is 11.5. The van der Waals surface area contributed by atoms with Crippen LogP contribution in [0, 0.1) is 0 Å². The molecule has 0 fully saturated rings. The van der Waals surface area contributed by atoms with E-state index in [1.165, 1.54) is 3.71 Å². The molecular formula is C8H12BrNSn. The van der Waals surface area contributed by atoms with Crippen molar-refractivity contribution in [2.45, 2.75) is 14.8 Å². The van der Waals surface area contributed by atoms with Crippen LogP contribution in [0.3, 0.4) is 0 Å². The first-order valence-corrected chi connectivity index (χ1v) is 14.4. The molecule has 1 aromatic heterocycles.